The summed E-state index contributed by atoms with van der Waals surface area (Å²) in [4.78, 5) is 25.9. The molecule has 9 heteroatoms. The van der Waals surface area contributed by atoms with Gasteiger partial charge in [-0.2, -0.15) is 4.98 Å². The number of likely N-dealkylation sites (tertiary alicyclic amines) is 1. The highest BCUT2D eigenvalue weighted by molar-refractivity contribution is 5.71. The minimum absolute atomic E-state index is 0.236. The lowest BCUT2D eigenvalue weighted by Crippen LogP contribution is -2.53. The van der Waals surface area contributed by atoms with E-state index in [0.717, 1.165) is 56.2 Å². The summed E-state index contributed by atoms with van der Waals surface area (Å²) in [6, 6.07) is 8.90. The van der Waals surface area contributed by atoms with E-state index < -0.39 is 5.60 Å². The number of ether oxygens (including phenoxy) is 3. The molecule has 0 bridgehead atoms. The fraction of sp³-hybridized carbons (Fsp3) is 0.633. The van der Waals surface area contributed by atoms with Crippen LogP contribution in [0.4, 0.5) is 16.4 Å². The zero-order chi connectivity index (χ0) is 27.4. The Bertz CT molecular complexity index is 1100. The second kappa shape index (κ2) is 12.0. The summed E-state index contributed by atoms with van der Waals surface area (Å²) in [6.45, 7) is 13.0. The van der Waals surface area contributed by atoms with E-state index in [0.29, 0.717) is 37.6 Å². The third-order valence-electron chi connectivity index (χ3n) is 7.72. The van der Waals surface area contributed by atoms with Crippen LogP contribution in [-0.2, 0) is 9.47 Å². The largest absolute Gasteiger partial charge is 0.477 e. The Morgan fingerprint density at radius 2 is 1.77 bits per heavy atom. The van der Waals surface area contributed by atoms with Crippen molar-refractivity contribution >= 4 is 17.7 Å². The maximum atomic E-state index is 12.3. The number of benzene rings is 1. The molecule has 0 spiro atoms. The lowest BCUT2D eigenvalue weighted by molar-refractivity contribution is -0.00803. The van der Waals surface area contributed by atoms with Gasteiger partial charge in [0.25, 0.3) is 0 Å². The highest BCUT2D eigenvalue weighted by atomic mass is 16.6. The summed E-state index contributed by atoms with van der Waals surface area (Å²) in [5, 5.41) is 3.54. The van der Waals surface area contributed by atoms with Crippen molar-refractivity contribution in [1.82, 2.24) is 14.9 Å². The molecule has 1 aromatic carbocycles. The van der Waals surface area contributed by atoms with E-state index in [2.05, 4.69) is 46.4 Å². The highest BCUT2D eigenvalue weighted by Gasteiger charge is 2.34. The molecule has 1 aromatic heterocycles. The number of aromatic nitrogens is 2. The molecule has 0 unspecified atom stereocenters. The van der Waals surface area contributed by atoms with Gasteiger partial charge in [-0.05, 0) is 70.1 Å². The average Bonchev–Trinajstić information content (AvgIpc) is 2.89. The van der Waals surface area contributed by atoms with E-state index in [4.69, 9.17) is 19.2 Å². The van der Waals surface area contributed by atoms with Crippen LogP contribution < -0.4 is 15.0 Å². The van der Waals surface area contributed by atoms with Crippen molar-refractivity contribution in [1.29, 1.82) is 0 Å². The molecule has 0 atom stereocenters. The Labute approximate surface area is 232 Å². The number of rotatable bonds is 7. The summed E-state index contributed by atoms with van der Waals surface area (Å²) in [5.41, 5.74) is 2.58. The molecular formula is C30H43N5O4. The van der Waals surface area contributed by atoms with Crippen molar-refractivity contribution in [2.75, 3.05) is 56.2 Å². The topological polar surface area (TPSA) is 89.1 Å². The number of hydrogen-bond acceptors (Lipinski definition) is 8. The Kier molecular flexibility index (Phi) is 8.45. The van der Waals surface area contributed by atoms with Gasteiger partial charge in [0.05, 0.1) is 25.4 Å². The smallest absolute Gasteiger partial charge is 0.410 e. The molecule has 2 aromatic rings. The number of hydrogen-bond donors (Lipinski definition) is 1. The van der Waals surface area contributed by atoms with Gasteiger partial charge in [-0.3, -0.25) is 0 Å². The number of amides is 1. The van der Waals surface area contributed by atoms with Gasteiger partial charge >= 0.3 is 6.09 Å². The minimum atomic E-state index is -0.494. The van der Waals surface area contributed by atoms with Gasteiger partial charge in [0.1, 0.15) is 5.60 Å². The van der Waals surface area contributed by atoms with Crippen LogP contribution in [0.1, 0.15) is 53.4 Å². The molecule has 1 N–H and O–H groups in total. The number of morpholine rings is 1. The second-order valence-electron chi connectivity index (χ2n) is 12.2. The zero-order valence-electron chi connectivity index (χ0n) is 23.8. The van der Waals surface area contributed by atoms with Gasteiger partial charge in [-0.25, -0.2) is 9.78 Å². The van der Waals surface area contributed by atoms with Crippen LogP contribution in [0.15, 0.2) is 30.5 Å². The van der Waals surface area contributed by atoms with E-state index in [1.165, 1.54) is 18.5 Å². The van der Waals surface area contributed by atoms with E-state index >= 15 is 0 Å². The fourth-order valence-corrected chi connectivity index (χ4v) is 5.35. The quantitative estimate of drug-likeness (QED) is 0.515. The summed E-state index contributed by atoms with van der Waals surface area (Å²) < 4.78 is 17.3. The number of anilines is 2. The Hall–Kier alpha value is -3.07. The van der Waals surface area contributed by atoms with E-state index in [-0.39, 0.29) is 12.0 Å². The van der Waals surface area contributed by atoms with Crippen LogP contribution >= 0.6 is 0 Å². The number of carbonyl (C=O) groups is 1. The molecule has 1 saturated carbocycles. The van der Waals surface area contributed by atoms with E-state index in [1.807, 2.05) is 27.0 Å². The van der Waals surface area contributed by atoms with Gasteiger partial charge in [0.2, 0.25) is 11.8 Å². The molecule has 39 heavy (non-hydrogen) atoms. The third kappa shape index (κ3) is 7.32. The van der Waals surface area contributed by atoms with Crippen LogP contribution in [0.25, 0.3) is 11.1 Å². The molecule has 1 amide bonds. The maximum Gasteiger partial charge on any atom is 0.410 e. The first-order valence-corrected chi connectivity index (χ1v) is 14.4. The predicted octanol–water partition coefficient (Wildman–Crippen LogP) is 5.22. The highest BCUT2D eigenvalue weighted by Crippen LogP contribution is 2.32. The lowest BCUT2D eigenvalue weighted by atomic mass is 9.87. The van der Waals surface area contributed by atoms with Gasteiger partial charge < -0.3 is 29.3 Å². The monoisotopic (exact) mass is 537 g/mol. The van der Waals surface area contributed by atoms with Crippen LogP contribution in [0.3, 0.4) is 0 Å². The first-order valence-electron chi connectivity index (χ1n) is 14.4. The molecule has 5 rings (SSSR count). The van der Waals surface area contributed by atoms with Gasteiger partial charge in [-0.1, -0.05) is 19.1 Å². The Morgan fingerprint density at radius 1 is 1.08 bits per heavy atom. The molecule has 1 aliphatic carbocycles. The number of nitrogens with one attached hydrogen (secondary N) is 1. The average molecular weight is 538 g/mol. The molecule has 0 radical (unpaired) electrons. The molecule has 2 saturated heterocycles. The Balaban J connectivity index is 1.27. The lowest BCUT2D eigenvalue weighted by Gasteiger charge is -2.39. The third-order valence-corrected chi connectivity index (χ3v) is 7.72. The molecule has 212 valence electrons. The molecule has 3 heterocycles. The first-order chi connectivity index (χ1) is 18.7. The van der Waals surface area contributed by atoms with Crippen LogP contribution in [0.5, 0.6) is 5.88 Å². The van der Waals surface area contributed by atoms with Gasteiger partial charge in [0, 0.05) is 50.0 Å². The number of carbonyl (C=O) groups excluding carboxylic acids is 1. The summed E-state index contributed by atoms with van der Waals surface area (Å²) in [5.74, 6) is 2.21. The van der Waals surface area contributed by atoms with Crippen LogP contribution in [-0.4, -0.2) is 78.6 Å². The second-order valence-corrected chi connectivity index (χ2v) is 12.2. The minimum Gasteiger partial charge on any atom is -0.477 e. The van der Waals surface area contributed by atoms with Crippen molar-refractivity contribution in [2.24, 2.45) is 11.8 Å². The number of nitrogens with zero attached hydrogens (tertiary/aromatic N) is 4. The summed E-state index contributed by atoms with van der Waals surface area (Å²) in [6.07, 6.45) is 6.32. The standard InChI is InChI=1S/C30H43N5O4/c1-21-5-9-24(10-6-21)32-28-31-17-26(23-7-11-25(12-8-23)34-13-15-37-16-14-34)27(33-28)38-20-22-18-35(19-22)29(36)39-30(2,3)4/h7-8,11-12,17,21-22,24H,5-6,9-10,13-16,18-20H2,1-4H3,(H,31,32,33). The van der Waals surface area contributed by atoms with Crippen LogP contribution in [0, 0.1) is 11.8 Å². The van der Waals surface area contributed by atoms with Crippen molar-refractivity contribution < 1.29 is 19.0 Å². The zero-order valence-corrected chi connectivity index (χ0v) is 23.8. The Morgan fingerprint density at radius 3 is 2.44 bits per heavy atom. The maximum absolute atomic E-state index is 12.3. The normalized spacial score (nSPS) is 22.3. The van der Waals surface area contributed by atoms with Gasteiger partial charge in [0.15, 0.2) is 0 Å². The molecular weight excluding hydrogens is 494 g/mol. The first kappa shape index (κ1) is 27.5. The van der Waals surface area contributed by atoms with E-state index in [9.17, 15) is 4.79 Å². The van der Waals surface area contributed by atoms with Crippen molar-refractivity contribution in [3.05, 3.63) is 30.5 Å². The SMILES string of the molecule is CC1CCC(Nc2ncc(-c3ccc(N4CCOCC4)cc3)c(OCC3CN(C(=O)OC(C)(C)C)C3)n2)CC1. The predicted molar refractivity (Wildman–Crippen MR) is 152 cm³/mol. The van der Waals surface area contributed by atoms with Crippen molar-refractivity contribution in [2.45, 2.75) is 65.0 Å². The molecule has 3 aliphatic rings. The molecule has 9 nitrogen and oxygen atoms in total. The fourth-order valence-electron chi connectivity index (χ4n) is 5.35. The van der Waals surface area contributed by atoms with E-state index in [1.54, 1.807) is 4.90 Å². The van der Waals surface area contributed by atoms with Crippen molar-refractivity contribution in [3.8, 4) is 17.0 Å². The summed E-state index contributed by atoms with van der Waals surface area (Å²) >= 11 is 0. The van der Waals surface area contributed by atoms with Gasteiger partial charge in [-0.15, -0.1) is 0 Å². The van der Waals surface area contributed by atoms with Crippen molar-refractivity contribution in [3.63, 3.8) is 0 Å². The summed E-state index contributed by atoms with van der Waals surface area (Å²) in [7, 11) is 0. The van der Waals surface area contributed by atoms with Crippen LogP contribution in [0.2, 0.25) is 0 Å². The molecule has 2 aliphatic heterocycles. The molecule has 3 fully saturated rings.